The second-order valence-electron chi connectivity index (χ2n) is 15.3. The largest absolute Gasteiger partial charge is 1.00 e. The van der Waals surface area contributed by atoms with E-state index in [-0.39, 0.29) is 58.7 Å². The van der Waals surface area contributed by atoms with Crippen molar-refractivity contribution in [2.24, 2.45) is 0 Å². The SMILES string of the molecule is O=C(O)c1cc(CC(=S)CCCCCCCCCCCOP(=O)([O-])OP(=O)([O-])OCC2OC(n3ccc(=O)[nH]c3=O)C(O)C2O)ccc1-c1c2ccc(=O)cc-2oc2cc(O)ccc12.[Na+]. The van der Waals surface area contributed by atoms with Crippen molar-refractivity contribution in [3.05, 3.63) is 109 Å². The van der Waals surface area contributed by atoms with Crippen LogP contribution < -0.4 is 56.0 Å². The number of ether oxygens (including phenoxy) is 1. The molecule has 65 heavy (non-hydrogen) atoms. The number of carboxylic acid groups (broad SMARTS) is 1. The van der Waals surface area contributed by atoms with Crippen LogP contribution in [-0.2, 0) is 33.6 Å². The number of phenolic OH excluding ortho intramolecular Hbond substituents is 1. The van der Waals surface area contributed by atoms with Crippen LogP contribution in [0.15, 0.2) is 85.7 Å². The van der Waals surface area contributed by atoms with Crippen molar-refractivity contribution >= 4 is 49.7 Å². The summed E-state index contributed by atoms with van der Waals surface area (Å²) in [6.07, 6.45) is 2.98. The maximum absolute atomic E-state index is 12.6. The van der Waals surface area contributed by atoms with Gasteiger partial charge in [0.1, 0.15) is 35.4 Å². The molecule has 0 spiro atoms. The first-order valence-corrected chi connectivity index (χ1v) is 23.8. The third kappa shape index (κ3) is 14.2. The number of carboxylic acids is 1. The van der Waals surface area contributed by atoms with Gasteiger partial charge in [-0.2, -0.15) is 0 Å². The maximum Gasteiger partial charge on any atom is 1.00 e. The smallest absolute Gasteiger partial charge is 0.756 e. The summed E-state index contributed by atoms with van der Waals surface area (Å²) in [6.45, 7) is -1.30. The minimum absolute atomic E-state index is 0. The molecule has 3 heterocycles. The Morgan fingerprint density at radius 1 is 0.831 bits per heavy atom. The summed E-state index contributed by atoms with van der Waals surface area (Å²) in [5.41, 5.74) is 0.728. The van der Waals surface area contributed by atoms with Crippen LogP contribution in [0.3, 0.4) is 0 Å². The van der Waals surface area contributed by atoms with Crippen molar-refractivity contribution < 1.29 is 96.2 Å². The number of hydrogen-bond acceptors (Lipinski definition) is 17. The number of rotatable bonds is 23. The predicted octanol–water partition coefficient (Wildman–Crippen LogP) is 1.94. The minimum Gasteiger partial charge on any atom is -0.756 e. The van der Waals surface area contributed by atoms with E-state index < -0.39 is 64.0 Å². The number of phosphoric acid groups is 2. The molecule has 2 aliphatic heterocycles. The molecule has 6 atom stereocenters. The van der Waals surface area contributed by atoms with E-state index in [2.05, 4.69) is 13.4 Å². The van der Waals surface area contributed by atoms with Gasteiger partial charge in [0.05, 0.1) is 18.8 Å². The summed E-state index contributed by atoms with van der Waals surface area (Å²) in [6, 6.07) is 15.0. The number of hydrogen-bond donors (Lipinski definition) is 5. The standard InChI is InChI=1S/C42H48N2O17P2S.Na/c45-26-12-15-30-33(22-26)59-34-23-27(46)13-16-31(34)37(30)29-14-11-25(21-32(29)41(50)51)20-28(64)10-8-6-4-2-1-3-5-7-9-19-57-62(53,54)61-63(55,56)58-24-35-38(48)39(49)40(60-35)44-18-17-36(47)43-42(44)52;/h11-18,21-23,35,38-40,45,48-49H,1-10,19-20,24H2,(H,50,51)(H,53,54)(H,55,56)(H,43,47,52);/q;+1/p-2. The van der Waals surface area contributed by atoms with Gasteiger partial charge in [-0.05, 0) is 65.6 Å². The molecule has 0 amide bonds. The van der Waals surface area contributed by atoms with Crippen LogP contribution in [-0.4, -0.2) is 72.3 Å². The minimum atomic E-state index is -5.54. The van der Waals surface area contributed by atoms with Crippen molar-refractivity contribution in [2.45, 2.75) is 95.2 Å². The average Bonchev–Trinajstić information content (AvgIpc) is 3.50. The van der Waals surface area contributed by atoms with Gasteiger partial charge in [-0.25, -0.2) is 13.9 Å². The zero-order valence-corrected chi connectivity index (χ0v) is 39.8. The van der Waals surface area contributed by atoms with Gasteiger partial charge in [0.15, 0.2) is 11.7 Å². The first kappa shape index (κ1) is 52.3. The summed E-state index contributed by atoms with van der Waals surface area (Å²) in [5.74, 6) is -0.899. The number of aliphatic hydroxyl groups excluding tert-OH is 2. The number of aromatic nitrogens is 2. The second-order valence-corrected chi connectivity index (χ2v) is 18.9. The fourth-order valence-corrected chi connectivity index (χ4v) is 9.81. The molecule has 344 valence electrons. The number of unbranched alkanes of at least 4 members (excludes halogenated alkanes) is 8. The number of H-pyrrole nitrogens is 1. The molecule has 2 aromatic carbocycles. The average molecular weight is 968 g/mol. The van der Waals surface area contributed by atoms with Crippen LogP contribution in [0.5, 0.6) is 5.75 Å². The second kappa shape index (κ2) is 23.4. The topological polar surface area (TPSA) is 300 Å². The zero-order valence-electron chi connectivity index (χ0n) is 35.2. The molecule has 6 rings (SSSR count). The molecule has 1 fully saturated rings. The van der Waals surface area contributed by atoms with Crippen LogP contribution in [0.25, 0.3) is 33.4 Å². The number of phenols is 1. The number of carbonyl (C=O) groups is 1. The summed E-state index contributed by atoms with van der Waals surface area (Å²) in [4.78, 5) is 75.1. The number of thiocarbonyl (C=S) groups is 1. The first-order valence-electron chi connectivity index (χ1n) is 20.4. The van der Waals surface area contributed by atoms with Crippen molar-refractivity contribution in [2.75, 3.05) is 13.2 Å². The van der Waals surface area contributed by atoms with Gasteiger partial charge in [0.25, 0.3) is 21.2 Å². The molecule has 6 unspecified atom stereocenters. The van der Waals surface area contributed by atoms with Crippen LogP contribution in [0.2, 0.25) is 0 Å². The van der Waals surface area contributed by atoms with Gasteiger partial charge in [-0.3, -0.25) is 28.3 Å². The number of aromatic carboxylic acids is 1. The molecule has 23 heteroatoms. The fraction of sp³-hybridized carbons (Fsp3) is 0.405. The summed E-state index contributed by atoms with van der Waals surface area (Å²) < 4.78 is 49.6. The van der Waals surface area contributed by atoms with E-state index in [0.717, 1.165) is 72.2 Å². The molecule has 3 aromatic rings. The Labute approximate surface area is 398 Å². The number of nitrogens with zero attached hydrogens (tertiary/aromatic N) is 1. The number of nitrogens with one attached hydrogen (secondary N) is 1. The number of fused-ring (bicyclic) bond motifs is 2. The Hall–Kier alpha value is -3.69. The van der Waals surface area contributed by atoms with Crippen LogP contribution >= 0.6 is 27.9 Å². The van der Waals surface area contributed by atoms with E-state index in [1.165, 1.54) is 24.3 Å². The van der Waals surface area contributed by atoms with Crippen molar-refractivity contribution in [1.29, 1.82) is 0 Å². The summed E-state index contributed by atoms with van der Waals surface area (Å²) in [7, 11) is -10.9. The molecule has 1 saturated heterocycles. The molecular weight excluding hydrogens is 921 g/mol. The molecule has 0 saturated carbocycles. The normalized spacial score (nSPS) is 19.1. The quantitative estimate of drug-likeness (QED) is 0.0205. The Morgan fingerprint density at radius 2 is 1.49 bits per heavy atom. The van der Waals surface area contributed by atoms with Crippen molar-refractivity contribution in [3.8, 4) is 28.2 Å². The van der Waals surface area contributed by atoms with Gasteiger partial charge >= 0.3 is 41.2 Å². The van der Waals surface area contributed by atoms with Crippen LogP contribution in [0, 0.1) is 0 Å². The molecule has 5 N–H and O–H groups in total. The van der Waals surface area contributed by atoms with Gasteiger partial charge < -0.3 is 48.4 Å². The fourth-order valence-electron chi connectivity index (χ4n) is 7.46. The van der Waals surface area contributed by atoms with Crippen LogP contribution in [0.4, 0.5) is 0 Å². The van der Waals surface area contributed by atoms with Crippen molar-refractivity contribution in [1.82, 2.24) is 9.55 Å². The Bertz CT molecular complexity index is 2730. The van der Waals surface area contributed by atoms with Gasteiger partial charge in [-0.1, -0.05) is 69.3 Å². The third-order valence-corrected chi connectivity index (χ3v) is 13.5. The predicted molar refractivity (Wildman–Crippen MR) is 231 cm³/mol. The summed E-state index contributed by atoms with van der Waals surface area (Å²) in [5, 5.41) is 41.4. The number of aromatic amines is 1. The van der Waals surface area contributed by atoms with E-state index in [0.29, 0.717) is 53.3 Å². The molecule has 3 aliphatic rings. The third-order valence-electron chi connectivity index (χ3n) is 10.6. The number of phosphoric ester groups is 2. The van der Waals surface area contributed by atoms with E-state index in [1.54, 1.807) is 24.3 Å². The molecule has 1 aliphatic carbocycles. The Kier molecular flexibility index (Phi) is 18.8. The number of benzene rings is 3. The molecule has 19 nitrogen and oxygen atoms in total. The molecule has 1 aromatic heterocycles. The molecule has 0 bridgehead atoms. The van der Waals surface area contributed by atoms with Gasteiger partial charge in [0, 0.05) is 47.3 Å². The maximum atomic E-state index is 12.6. The monoisotopic (exact) mass is 967 g/mol. The molecule has 0 radical (unpaired) electrons. The van der Waals surface area contributed by atoms with Crippen molar-refractivity contribution in [3.63, 3.8) is 0 Å². The summed E-state index contributed by atoms with van der Waals surface area (Å²) >= 11 is 5.66. The molecular formula is C42H46N2NaO17P2S-. The Balaban J connectivity index is 0.00000793. The number of aromatic hydroxyl groups is 1. The van der Waals surface area contributed by atoms with Gasteiger partial charge in [0.2, 0.25) is 0 Å². The van der Waals surface area contributed by atoms with Crippen LogP contribution in [0.1, 0.15) is 86.4 Å². The van der Waals surface area contributed by atoms with E-state index >= 15 is 0 Å². The van der Waals surface area contributed by atoms with E-state index in [9.17, 15) is 58.5 Å². The van der Waals surface area contributed by atoms with E-state index in [1.807, 2.05) is 11.1 Å². The van der Waals surface area contributed by atoms with E-state index in [4.69, 9.17) is 21.4 Å². The number of aliphatic hydroxyl groups is 2. The van der Waals surface area contributed by atoms with Gasteiger partial charge in [-0.15, -0.1) is 0 Å². The zero-order chi connectivity index (χ0) is 46.2. The first-order chi connectivity index (χ1) is 30.4. The Morgan fingerprint density at radius 3 is 2.18 bits per heavy atom.